The molecular formula is C26H30ClN7O4. The molecule has 6 rings (SSSR count). The van der Waals surface area contributed by atoms with Gasteiger partial charge in [0.2, 0.25) is 11.6 Å². The maximum Gasteiger partial charge on any atom is 0.439 e. The molecule has 38 heavy (non-hydrogen) atoms. The first-order valence-electron chi connectivity index (χ1n) is 13.2. The van der Waals surface area contributed by atoms with Crippen molar-refractivity contribution in [2.24, 2.45) is 17.8 Å². The number of imidazole rings is 1. The van der Waals surface area contributed by atoms with Crippen LogP contribution in [-0.4, -0.2) is 53.0 Å². The summed E-state index contributed by atoms with van der Waals surface area (Å²) in [5.41, 5.74) is 2.32. The predicted molar refractivity (Wildman–Crippen MR) is 139 cm³/mol. The van der Waals surface area contributed by atoms with Crippen LogP contribution in [0.1, 0.15) is 57.4 Å². The van der Waals surface area contributed by atoms with Gasteiger partial charge in [-0.2, -0.15) is 0 Å². The number of ether oxygens (including phenoxy) is 1. The van der Waals surface area contributed by atoms with Crippen LogP contribution < -0.4 is 5.76 Å². The quantitative estimate of drug-likeness (QED) is 0.368. The minimum Gasteiger partial charge on any atom is -0.385 e. The summed E-state index contributed by atoms with van der Waals surface area (Å²) >= 11 is 6.32. The van der Waals surface area contributed by atoms with E-state index < -0.39 is 11.9 Å². The highest BCUT2D eigenvalue weighted by Gasteiger charge is 2.32. The molecule has 4 aromatic rings. The molecule has 1 aliphatic carbocycles. The predicted octanol–water partition coefficient (Wildman–Crippen LogP) is 4.17. The Morgan fingerprint density at radius 3 is 2.63 bits per heavy atom. The summed E-state index contributed by atoms with van der Waals surface area (Å²) in [5.74, 6) is 1.31. The Hall–Kier alpha value is -3.15. The summed E-state index contributed by atoms with van der Waals surface area (Å²) in [7, 11) is 0. The second-order valence-corrected chi connectivity index (χ2v) is 10.9. The zero-order valence-electron chi connectivity index (χ0n) is 21.1. The van der Waals surface area contributed by atoms with E-state index in [1.165, 1.54) is 12.8 Å². The first kappa shape index (κ1) is 25.1. The molecule has 11 nitrogen and oxygen atoms in total. The third-order valence-corrected chi connectivity index (χ3v) is 8.02. The van der Waals surface area contributed by atoms with Gasteiger partial charge in [-0.15, -0.1) is 0 Å². The van der Waals surface area contributed by atoms with Crippen molar-refractivity contribution in [3.8, 4) is 22.9 Å². The Morgan fingerprint density at radius 2 is 1.92 bits per heavy atom. The van der Waals surface area contributed by atoms with Gasteiger partial charge in [-0.05, 0) is 49.5 Å². The van der Waals surface area contributed by atoms with Crippen LogP contribution in [0.4, 0.5) is 0 Å². The Labute approximate surface area is 223 Å². The number of aliphatic hydroxyl groups is 1. The third kappa shape index (κ3) is 4.97. The van der Waals surface area contributed by atoms with E-state index in [0.717, 1.165) is 31.6 Å². The van der Waals surface area contributed by atoms with Crippen molar-refractivity contribution in [2.45, 2.75) is 58.1 Å². The zero-order valence-corrected chi connectivity index (χ0v) is 21.9. The van der Waals surface area contributed by atoms with E-state index in [2.05, 4.69) is 31.6 Å². The minimum absolute atomic E-state index is 0.0290. The van der Waals surface area contributed by atoms with Crippen molar-refractivity contribution in [1.29, 1.82) is 0 Å². The van der Waals surface area contributed by atoms with E-state index in [1.54, 1.807) is 18.5 Å². The Balaban J connectivity index is 1.55. The Bertz CT molecular complexity index is 1480. The van der Waals surface area contributed by atoms with Crippen molar-refractivity contribution < 1.29 is 14.4 Å². The van der Waals surface area contributed by atoms with Crippen LogP contribution in [0.15, 0.2) is 27.8 Å². The molecule has 1 unspecified atom stereocenters. The molecule has 0 aromatic carbocycles. The molecule has 4 aromatic heterocycles. The van der Waals surface area contributed by atoms with Crippen LogP contribution in [0.3, 0.4) is 0 Å². The van der Waals surface area contributed by atoms with Gasteiger partial charge in [-0.3, -0.25) is 14.5 Å². The molecule has 12 heteroatoms. The minimum atomic E-state index is -0.781. The fourth-order valence-electron chi connectivity index (χ4n) is 5.65. The number of halogens is 1. The number of pyridine rings is 1. The second-order valence-electron chi connectivity index (χ2n) is 10.5. The van der Waals surface area contributed by atoms with Gasteiger partial charge in [0.15, 0.2) is 5.65 Å². The van der Waals surface area contributed by atoms with E-state index >= 15 is 0 Å². The lowest BCUT2D eigenvalue weighted by Crippen LogP contribution is -2.26. The van der Waals surface area contributed by atoms with Crippen molar-refractivity contribution >= 4 is 22.8 Å². The molecule has 5 heterocycles. The topological polar surface area (TPSA) is 145 Å². The van der Waals surface area contributed by atoms with Crippen molar-refractivity contribution in [3.63, 3.8) is 0 Å². The van der Waals surface area contributed by atoms with Crippen molar-refractivity contribution in [3.05, 3.63) is 39.9 Å². The lowest BCUT2D eigenvalue weighted by atomic mass is 9.83. The highest BCUT2D eigenvalue weighted by molar-refractivity contribution is 6.30. The summed E-state index contributed by atoms with van der Waals surface area (Å²) < 4.78 is 12.3. The summed E-state index contributed by atoms with van der Waals surface area (Å²) in [4.78, 5) is 32.8. The number of hydrogen-bond donors (Lipinski definition) is 2. The van der Waals surface area contributed by atoms with Gasteiger partial charge in [0.1, 0.15) is 23.1 Å². The fourth-order valence-corrected chi connectivity index (χ4v) is 5.82. The van der Waals surface area contributed by atoms with Crippen LogP contribution >= 0.6 is 11.6 Å². The second kappa shape index (κ2) is 10.5. The molecule has 1 atom stereocenters. The number of aromatic nitrogens is 7. The maximum absolute atomic E-state index is 11.7. The van der Waals surface area contributed by atoms with Gasteiger partial charge < -0.3 is 14.4 Å². The normalized spacial score (nSPS) is 21.7. The standard InChI is InChI=1S/C26H30ClN7O4/c1-14-2-4-15(5-3-14)13-34-20-19(17-10-18(27)12-28-11-17)29-23(24-32-26(36)38-33-24)30-22(20)31-25(34)21(35)16-6-8-37-9-7-16/h10-12,14-16,21,35H,2-9,13H2,1H3,(H,32,33,36). The van der Waals surface area contributed by atoms with Gasteiger partial charge >= 0.3 is 5.76 Å². The highest BCUT2D eigenvalue weighted by Crippen LogP contribution is 2.37. The lowest BCUT2D eigenvalue weighted by Gasteiger charge is -2.30. The summed E-state index contributed by atoms with van der Waals surface area (Å²) in [6, 6.07) is 1.78. The number of aliphatic hydroxyl groups excluding tert-OH is 1. The highest BCUT2D eigenvalue weighted by atomic mass is 35.5. The fraction of sp³-hybridized carbons (Fsp3) is 0.538. The van der Waals surface area contributed by atoms with Gasteiger partial charge in [-0.25, -0.2) is 19.7 Å². The van der Waals surface area contributed by atoms with E-state index in [9.17, 15) is 9.90 Å². The number of nitrogens with one attached hydrogen (secondary N) is 1. The molecule has 1 aliphatic heterocycles. The van der Waals surface area contributed by atoms with E-state index in [4.69, 9.17) is 30.8 Å². The van der Waals surface area contributed by atoms with Gasteiger partial charge in [-0.1, -0.05) is 36.5 Å². The first-order valence-corrected chi connectivity index (χ1v) is 13.6. The van der Waals surface area contributed by atoms with E-state index in [1.807, 2.05) is 0 Å². The molecule has 2 fully saturated rings. The average Bonchev–Trinajstić information content (AvgIpc) is 3.53. The number of fused-ring (bicyclic) bond motifs is 1. The van der Waals surface area contributed by atoms with E-state index in [0.29, 0.717) is 58.9 Å². The zero-order chi connectivity index (χ0) is 26.2. The largest absolute Gasteiger partial charge is 0.439 e. The summed E-state index contributed by atoms with van der Waals surface area (Å²) in [6.07, 6.45) is 8.55. The molecule has 0 amide bonds. The molecule has 1 saturated heterocycles. The molecule has 0 spiro atoms. The van der Waals surface area contributed by atoms with Crippen molar-refractivity contribution in [2.75, 3.05) is 13.2 Å². The SMILES string of the molecule is CC1CCC(Cn2c(C(O)C3CCOCC3)nc3nc(-c4noc(=O)[nH]4)nc(-c4cncc(Cl)c4)c32)CC1. The maximum atomic E-state index is 11.7. The molecule has 0 bridgehead atoms. The Morgan fingerprint density at radius 1 is 1.13 bits per heavy atom. The smallest absolute Gasteiger partial charge is 0.385 e. The Kier molecular flexibility index (Phi) is 6.98. The van der Waals surface area contributed by atoms with Crippen molar-refractivity contribution in [1.82, 2.24) is 34.6 Å². The number of H-pyrrole nitrogens is 1. The number of hydrogen-bond acceptors (Lipinski definition) is 9. The molecular weight excluding hydrogens is 510 g/mol. The van der Waals surface area contributed by atoms with Crippen LogP contribution in [0, 0.1) is 17.8 Å². The van der Waals surface area contributed by atoms with Gasteiger partial charge in [0.05, 0.1) is 5.02 Å². The monoisotopic (exact) mass is 539 g/mol. The van der Waals surface area contributed by atoms with Crippen LogP contribution in [0.2, 0.25) is 5.02 Å². The van der Waals surface area contributed by atoms with Gasteiger partial charge in [0.25, 0.3) is 0 Å². The first-order chi connectivity index (χ1) is 18.5. The summed E-state index contributed by atoms with van der Waals surface area (Å²) in [5, 5.41) is 15.8. The number of aromatic amines is 1. The number of nitrogens with zero attached hydrogens (tertiary/aromatic N) is 6. The van der Waals surface area contributed by atoms with Crippen LogP contribution in [0.25, 0.3) is 34.1 Å². The average molecular weight is 540 g/mol. The molecule has 200 valence electrons. The van der Waals surface area contributed by atoms with Gasteiger partial charge in [0, 0.05) is 37.7 Å². The number of rotatable bonds is 6. The lowest BCUT2D eigenvalue weighted by molar-refractivity contribution is 0.00228. The van der Waals surface area contributed by atoms with Crippen LogP contribution in [0.5, 0.6) is 0 Å². The summed E-state index contributed by atoms with van der Waals surface area (Å²) in [6.45, 7) is 4.23. The molecule has 2 aliphatic rings. The van der Waals surface area contributed by atoms with Crippen LogP contribution in [-0.2, 0) is 11.3 Å². The van der Waals surface area contributed by atoms with E-state index in [-0.39, 0.29) is 17.6 Å². The molecule has 1 saturated carbocycles. The third-order valence-electron chi connectivity index (χ3n) is 7.82. The molecule has 2 N–H and O–H groups in total. The molecule has 0 radical (unpaired) electrons.